The molecule has 0 unspecified atom stereocenters. The van der Waals surface area contributed by atoms with E-state index < -0.39 is 15.3 Å². The molecule has 0 aliphatic carbocycles. The van der Waals surface area contributed by atoms with Crippen molar-refractivity contribution in [2.24, 2.45) is 0 Å². The van der Waals surface area contributed by atoms with Crippen molar-refractivity contribution in [2.45, 2.75) is 5.25 Å². The summed E-state index contributed by atoms with van der Waals surface area (Å²) in [5.41, 5.74) is 1.64. The van der Waals surface area contributed by atoms with Crippen LogP contribution in [0.5, 0.6) is 5.75 Å². The van der Waals surface area contributed by atoms with Gasteiger partial charge in [-0.3, -0.25) is 0 Å². The van der Waals surface area contributed by atoms with E-state index in [-0.39, 0.29) is 0 Å². The lowest BCUT2D eigenvalue weighted by Crippen LogP contribution is -2.57. The van der Waals surface area contributed by atoms with Gasteiger partial charge in [-0.2, -0.15) is 5.10 Å². The number of para-hydroxylation sites is 2. The van der Waals surface area contributed by atoms with Crippen LogP contribution in [0.3, 0.4) is 0 Å². The van der Waals surface area contributed by atoms with Crippen molar-refractivity contribution in [3.63, 3.8) is 0 Å². The molecule has 0 saturated carbocycles. The predicted molar refractivity (Wildman–Crippen MR) is 104 cm³/mol. The summed E-state index contributed by atoms with van der Waals surface area (Å²) in [6.45, 7) is 0.873. The molecule has 0 N–H and O–H groups in total. The molecule has 2 aromatic heterocycles. The van der Waals surface area contributed by atoms with Crippen LogP contribution in [0.2, 0.25) is 0 Å². The third kappa shape index (κ3) is 3.02. The fourth-order valence-corrected chi connectivity index (χ4v) is 4.47. The maximum atomic E-state index is 12.2. The van der Waals surface area contributed by atoms with Gasteiger partial charge in [0, 0.05) is 51.0 Å². The van der Waals surface area contributed by atoms with Crippen LogP contribution >= 0.6 is 0 Å². The number of rotatable bonds is 5. The first-order chi connectivity index (χ1) is 12.9. The van der Waals surface area contributed by atoms with Gasteiger partial charge in [0.25, 0.3) is 0 Å². The molecule has 1 aliphatic heterocycles. The van der Waals surface area contributed by atoms with Crippen LogP contribution < -0.4 is 9.64 Å². The largest absolute Gasteiger partial charge is 0.494 e. The zero-order chi connectivity index (χ0) is 19.2. The van der Waals surface area contributed by atoms with Crippen molar-refractivity contribution >= 4 is 26.7 Å². The highest BCUT2D eigenvalue weighted by Crippen LogP contribution is 2.28. The van der Waals surface area contributed by atoms with Gasteiger partial charge in [0.15, 0.2) is 0 Å². The number of anilines is 1. The molecular formula is C18H21N5O3S. The summed E-state index contributed by atoms with van der Waals surface area (Å²) < 4.78 is 32.8. The molecule has 8 nitrogen and oxygen atoms in total. The number of hydrogen-bond donors (Lipinski definition) is 0. The average molecular weight is 387 g/mol. The van der Waals surface area contributed by atoms with E-state index in [4.69, 9.17) is 4.74 Å². The molecule has 3 heterocycles. The number of methoxy groups -OCH3 is 1. The highest BCUT2D eigenvalue weighted by atomic mass is 32.2. The van der Waals surface area contributed by atoms with E-state index in [9.17, 15) is 8.42 Å². The molecule has 4 rings (SSSR count). The van der Waals surface area contributed by atoms with Crippen molar-refractivity contribution < 1.29 is 13.2 Å². The molecule has 1 fully saturated rings. The number of fused-ring (bicyclic) bond motifs is 1. The second-order valence-electron chi connectivity index (χ2n) is 6.70. The Hall–Kier alpha value is -2.65. The fourth-order valence-electron chi connectivity index (χ4n) is 3.13. The van der Waals surface area contributed by atoms with E-state index in [1.165, 1.54) is 4.31 Å². The molecular weight excluding hydrogens is 366 g/mol. The van der Waals surface area contributed by atoms with Gasteiger partial charge < -0.3 is 9.64 Å². The Morgan fingerprint density at radius 2 is 1.96 bits per heavy atom. The van der Waals surface area contributed by atoms with E-state index in [1.807, 2.05) is 41.4 Å². The molecule has 0 radical (unpaired) electrons. The van der Waals surface area contributed by atoms with Gasteiger partial charge in [-0.1, -0.05) is 12.1 Å². The van der Waals surface area contributed by atoms with E-state index in [1.54, 1.807) is 32.1 Å². The average Bonchev–Trinajstić information content (AvgIpc) is 3.03. The Morgan fingerprint density at radius 1 is 1.22 bits per heavy atom. The Bertz CT molecular complexity index is 1090. The van der Waals surface area contributed by atoms with Gasteiger partial charge >= 0.3 is 0 Å². The zero-order valence-corrected chi connectivity index (χ0v) is 16.2. The van der Waals surface area contributed by atoms with Crippen LogP contribution in [0, 0.1) is 0 Å². The Balaban J connectivity index is 1.60. The van der Waals surface area contributed by atoms with Gasteiger partial charge in [0.05, 0.1) is 12.6 Å². The summed E-state index contributed by atoms with van der Waals surface area (Å²) >= 11 is 0. The van der Waals surface area contributed by atoms with Crippen LogP contribution in [0.4, 0.5) is 5.82 Å². The van der Waals surface area contributed by atoms with Gasteiger partial charge in [-0.25, -0.2) is 22.4 Å². The predicted octanol–water partition coefficient (Wildman–Crippen LogP) is 1.51. The third-order valence-corrected chi connectivity index (χ3v) is 6.97. The van der Waals surface area contributed by atoms with Gasteiger partial charge in [-0.15, -0.1) is 0 Å². The maximum absolute atomic E-state index is 12.2. The Kier molecular flexibility index (Phi) is 4.27. The summed E-state index contributed by atoms with van der Waals surface area (Å²) in [6.07, 6.45) is 3.66. The lowest BCUT2D eigenvalue weighted by atomic mass is 10.2. The van der Waals surface area contributed by atoms with Gasteiger partial charge in [-0.05, 0) is 12.1 Å². The van der Waals surface area contributed by atoms with Crippen LogP contribution in [-0.4, -0.2) is 67.0 Å². The second-order valence-corrected chi connectivity index (χ2v) is 9.13. The number of aromatic nitrogens is 3. The summed E-state index contributed by atoms with van der Waals surface area (Å²) in [6, 6.07) is 9.55. The lowest BCUT2D eigenvalue weighted by molar-refractivity contribution is 0.412. The summed E-state index contributed by atoms with van der Waals surface area (Å²) in [5, 5.41) is 5.15. The molecule has 1 aromatic carbocycles. The number of ether oxygens (including phenoxy) is 1. The van der Waals surface area contributed by atoms with Gasteiger partial charge in [0.1, 0.15) is 22.5 Å². The second kappa shape index (κ2) is 6.50. The van der Waals surface area contributed by atoms with Crippen LogP contribution in [-0.2, 0) is 10.0 Å². The van der Waals surface area contributed by atoms with Crippen molar-refractivity contribution in [2.75, 3.05) is 39.2 Å². The van der Waals surface area contributed by atoms with E-state index >= 15 is 0 Å². The molecule has 27 heavy (non-hydrogen) atoms. The normalized spacial score (nSPS) is 15.3. The molecule has 1 aliphatic rings. The highest BCUT2D eigenvalue weighted by Gasteiger charge is 2.39. The molecule has 0 atom stereocenters. The van der Waals surface area contributed by atoms with Crippen LogP contribution in [0.1, 0.15) is 0 Å². The number of sulfonamides is 1. The summed E-state index contributed by atoms with van der Waals surface area (Å²) in [4.78, 5) is 6.42. The molecule has 0 bridgehead atoms. The summed E-state index contributed by atoms with van der Waals surface area (Å²) in [5.74, 6) is 1.47. The Labute approximate surface area is 158 Å². The van der Waals surface area contributed by atoms with E-state index in [0.29, 0.717) is 13.1 Å². The third-order valence-electron chi connectivity index (χ3n) is 4.81. The van der Waals surface area contributed by atoms with Crippen molar-refractivity contribution in [3.8, 4) is 11.4 Å². The first-order valence-corrected chi connectivity index (χ1v) is 10.1. The van der Waals surface area contributed by atoms with Gasteiger partial charge in [0.2, 0.25) is 10.0 Å². The lowest BCUT2D eigenvalue weighted by Gasteiger charge is -2.40. The van der Waals surface area contributed by atoms with E-state index in [2.05, 4.69) is 10.1 Å². The van der Waals surface area contributed by atoms with Crippen LogP contribution in [0.25, 0.3) is 16.6 Å². The topological polar surface area (TPSA) is 80.6 Å². The minimum atomic E-state index is -3.23. The monoisotopic (exact) mass is 387 g/mol. The number of pyridine rings is 1. The zero-order valence-electron chi connectivity index (χ0n) is 15.4. The van der Waals surface area contributed by atoms with Crippen LogP contribution in [0.15, 0.2) is 42.7 Å². The fraction of sp³-hybridized carbons (Fsp3) is 0.333. The molecule has 9 heteroatoms. The summed E-state index contributed by atoms with van der Waals surface area (Å²) in [7, 11) is 1.52. The van der Waals surface area contributed by atoms with Crippen molar-refractivity contribution in [3.05, 3.63) is 42.7 Å². The number of nitrogens with zero attached hydrogens (tertiary/aromatic N) is 5. The van der Waals surface area contributed by atoms with Crippen molar-refractivity contribution in [1.29, 1.82) is 0 Å². The minimum absolute atomic E-state index is 0.392. The first kappa shape index (κ1) is 17.7. The molecule has 3 aromatic rings. The molecule has 0 spiro atoms. The standard InChI is InChI=1S/C18H21N5O3S/c1-21(2)27(24,25)14-11-22(12-14)18-8-15-13(9-19-18)10-23(20-15)16-6-4-5-7-17(16)26-3/h4-10,14H,11-12H2,1-3H3. The first-order valence-electron chi connectivity index (χ1n) is 8.55. The Morgan fingerprint density at radius 3 is 2.67 bits per heavy atom. The molecule has 1 saturated heterocycles. The quantitative estimate of drug-likeness (QED) is 0.660. The minimum Gasteiger partial charge on any atom is -0.494 e. The maximum Gasteiger partial charge on any atom is 0.219 e. The molecule has 142 valence electrons. The highest BCUT2D eigenvalue weighted by molar-refractivity contribution is 7.89. The smallest absolute Gasteiger partial charge is 0.219 e. The van der Waals surface area contributed by atoms with Crippen molar-refractivity contribution in [1.82, 2.24) is 19.1 Å². The number of benzene rings is 1. The molecule has 0 amide bonds. The SMILES string of the molecule is COc1ccccc1-n1cc2cnc(N3CC(S(=O)(=O)N(C)C)C3)cc2n1. The number of hydrogen-bond acceptors (Lipinski definition) is 6. The van der Waals surface area contributed by atoms with E-state index in [0.717, 1.165) is 28.2 Å².